The quantitative estimate of drug-likeness (QED) is 0.468. The van der Waals surface area contributed by atoms with Crippen molar-refractivity contribution in [3.8, 4) is 5.75 Å². The van der Waals surface area contributed by atoms with Gasteiger partial charge in [-0.25, -0.2) is 0 Å². The zero-order chi connectivity index (χ0) is 16.3. The molecule has 0 aliphatic heterocycles. The van der Waals surface area contributed by atoms with Crippen LogP contribution in [0.2, 0.25) is 0 Å². The van der Waals surface area contributed by atoms with Gasteiger partial charge in [0, 0.05) is 6.07 Å². The van der Waals surface area contributed by atoms with Gasteiger partial charge in [0.1, 0.15) is 5.75 Å². The Morgan fingerprint density at radius 1 is 0.864 bits per heavy atom. The minimum absolute atomic E-state index is 0.0664. The van der Waals surface area contributed by atoms with Crippen molar-refractivity contribution in [1.29, 1.82) is 0 Å². The Labute approximate surface area is 124 Å². The molecule has 0 bridgehead atoms. The summed E-state index contributed by atoms with van der Waals surface area (Å²) in [5, 5.41) is 21.9. The number of hydrogen-bond acceptors (Lipinski definition) is 7. The molecule has 0 aliphatic carbocycles. The largest absolute Gasteiger partial charge is 0.379 e. The summed E-state index contributed by atoms with van der Waals surface area (Å²) in [6.07, 6.45) is 0. The SMILES string of the molecule is O=[N+]([O-])c1cccc(S(=O)(=O)Oc2ccccc2)c1[N+](=O)[O-]. The zero-order valence-corrected chi connectivity index (χ0v) is 11.6. The predicted molar refractivity (Wildman–Crippen MR) is 74.0 cm³/mol. The van der Waals surface area contributed by atoms with Crippen molar-refractivity contribution < 1.29 is 22.4 Å². The second-order valence-electron chi connectivity index (χ2n) is 3.99. The molecule has 0 N–H and O–H groups in total. The standard InChI is InChI=1S/C12H8N2O7S/c15-13(16)10-7-4-8-11(12(10)14(17)18)22(19,20)21-9-5-2-1-3-6-9/h1-8H. The number of nitro benzene ring substituents is 2. The van der Waals surface area contributed by atoms with E-state index in [9.17, 15) is 28.6 Å². The molecule has 0 radical (unpaired) electrons. The van der Waals surface area contributed by atoms with E-state index >= 15 is 0 Å². The maximum Gasteiger partial charge on any atom is 0.368 e. The highest BCUT2D eigenvalue weighted by atomic mass is 32.2. The third kappa shape index (κ3) is 3.01. The van der Waals surface area contributed by atoms with Crippen molar-refractivity contribution in [2.75, 3.05) is 0 Å². The molecule has 0 fully saturated rings. The highest BCUT2D eigenvalue weighted by Crippen LogP contribution is 2.34. The molecule has 0 aliphatic rings. The normalized spacial score (nSPS) is 10.9. The van der Waals surface area contributed by atoms with E-state index in [1.807, 2.05) is 0 Å². The van der Waals surface area contributed by atoms with E-state index in [1.165, 1.54) is 24.3 Å². The van der Waals surface area contributed by atoms with Crippen molar-refractivity contribution in [1.82, 2.24) is 0 Å². The Morgan fingerprint density at radius 3 is 2.05 bits per heavy atom. The Morgan fingerprint density at radius 2 is 1.50 bits per heavy atom. The second-order valence-corrected chi connectivity index (χ2v) is 5.50. The lowest BCUT2D eigenvalue weighted by molar-refractivity contribution is -0.424. The van der Waals surface area contributed by atoms with Gasteiger partial charge in [-0.15, -0.1) is 0 Å². The van der Waals surface area contributed by atoms with Crippen molar-refractivity contribution in [3.05, 3.63) is 68.8 Å². The van der Waals surface area contributed by atoms with E-state index in [-0.39, 0.29) is 5.75 Å². The number of hydrogen-bond donors (Lipinski definition) is 0. The van der Waals surface area contributed by atoms with Crippen molar-refractivity contribution >= 4 is 21.5 Å². The average molecular weight is 324 g/mol. The van der Waals surface area contributed by atoms with E-state index in [4.69, 9.17) is 4.18 Å². The Kier molecular flexibility index (Phi) is 4.04. The predicted octanol–water partition coefficient (Wildman–Crippen LogP) is 2.27. The molecule has 0 unspecified atom stereocenters. The molecule has 0 aromatic heterocycles. The number of nitrogens with zero attached hydrogens (tertiary/aromatic N) is 2. The molecule has 0 saturated heterocycles. The van der Waals surface area contributed by atoms with Crippen LogP contribution in [0.4, 0.5) is 11.4 Å². The Bertz CT molecular complexity index is 834. The van der Waals surface area contributed by atoms with Gasteiger partial charge in [-0.1, -0.05) is 24.3 Å². The highest BCUT2D eigenvalue weighted by Gasteiger charge is 2.36. The van der Waals surface area contributed by atoms with Crippen LogP contribution in [0, 0.1) is 20.2 Å². The Balaban J connectivity index is 2.58. The fourth-order valence-electron chi connectivity index (χ4n) is 1.69. The minimum atomic E-state index is -4.59. The summed E-state index contributed by atoms with van der Waals surface area (Å²) in [6, 6.07) is 10.1. The lowest BCUT2D eigenvalue weighted by Crippen LogP contribution is -2.13. The van der Waals surface area contributed by atoms with Gasteiger partial charge in [0.2, 0.25) is 0 Å². The van der Waals surface area contributed by atoms with Gasteiger partial charge in [0.25, 0.3) is 0 Å². The minimum Gasteiger partial charge on any atom is -0.379 e. The molecule has 2 aromatic rings. The first-order chi connectivity index (χ1) is 10.3. The summed E-state index contributed by atoms with van der Waals surface area (Å²) in [7, 11) is -4.59. The molecule has 22 heavy (non-hydrogen) atoms. The average Bonchev–Trinajstić information content (AvgIpc) is 2.46. The number of rotatable bonds is 5. The molecule has 0 saturated carbocycles. The maximum absolute atomic E-state index is 12.2. The van der Waals surface area contributed by atoms with Crippen LogP contribution in [0.25, 0.3) is 0 Å². The van der Waals surface area contributed by atoms with E-state index in [0.29, 0.717) is 0 Å². The second kappa shape index (κ2) is 5.77. The first kappa shape index (κ1) is 15.4. The molecule has 2 rings (SSSR count). The lowest BCUT2D eigenvalue weighted by atomic mass is 10.3. The van der Waals surface area contributed by atoms with E-state index in [2.05, 4.69) is 0 Å². The van der Waals surface area contributed by atoms with Crippen LogP contribution in [0.3, 0.4) is 0 Å². The van der Waals surface area contributed by atoms with Crippen molar-refractivity contribution in [2.24, 2.45) is 0 Å². The van der Waals surface area contributed by atoms with Gasteiger partial charge >= 0.3 is 21.5 Å². The third-order valence-electron chi connectivity index (χ3n) is 2.58. The van der Waals surface area contributed by atoms with Crippen molar-refractivity contribution in [3.63, 3.8) is 0 Å². The molecular formula is C12H8N2O7S. The van der Waals surface area contributed by atoms with E-state index in [1.54, 1.807) is 6.07 Å². The first-order valence-electron chi connectivity index (χ1n) is 5.74. The van der Waals surface area contributed by atoms with Crippen LogP contribution in [0.5, 0.6) is 5.75 Å². The summed E-state index contributed by atoms with van der Waals surface area (Å²) in [6.45, 7) is 0. The summed E-state index contributed by atoms with van der Waals surface area (Å²) >= 11 is 0. The zero-order valence-electron chi connectivity index (χ0n) is 10.8. The van der Waals surface area contributed by atoms with Crippen LogP contribution in [0.1, 0.15) is 0 Å². The van der Waals surface area contributed by atoms with Crippen LogP contribution in [-0.2, 0) is 10.1 Å². The summed E-state index contributed by atoms with van der Waals surface area (Å²) in [5.74, 6) is -0.0664. The van der Waals surface area contributed by atoms with Crippen LogP contribution in [0.15, 0.2) is 53.4 Å². The molecular weight excluding hydrogens is 316 g/mol. The Hall–Kier alpha value is -3.01. The topological polar surface area (TPSA) is 130 Å². The third-order valence-corrected chi connectivity index (χ3v) is 3.86. The molecule has 10 heteroatoms. The monoisotopic (exact) mass is 324 g/mol. The molecule has 114 valence electrons. The first-order valence-corrected chi connectivity index (χ1v) is 7.15. The fourth-order valence-corrected chi connectivity index (χ4v) is 2.81. The lowest BCUT2D eigenvalue weighted by Gasteiger charge is -2.07. The van der Waals surface area contributed by atoms with Gasteiger partial charge < -0.3 is 4.18 Å². The van der Waals surface area contributed by atoms with Crippen LogP contribution < -0.4 is 4.18 Å². The van der Waals surface area contributed by atoms with Crippen LogP contribution >= 0.6 is 0 Å². The molecule has 0 atom stereocenters. The summed E-state index contributed by atoms with van der Waals surface area (Å²) in [4.78, 5) is 18.8. The van der Waals surface area contributed by atoms with Gasteiger partial charge in [-0.3, -0.25) is 20.2 Å². The van der Waals surface area contributed by atoms with E-state index < -0.39 is 36.2 Å². The smallest absolute Gasteiger partial charge is 0.368 e. The molecule has 0 heterocycles. The van der Waals surface area contributed by atoms with Gasteiger partial charge in [0.15, 0.2) is 4.90 Å². The highest BCUT2D eigenvalue weighted by molar-refractivity contribution is 7.87. The maximum atomic E-state index is 12.2. The molecule has 0 spiro atoms. The number of para-hydroxylation sites is 2. The summed E-state index contributed by atoms with van der Waals surface area (Å²) in [5.41, 5.74) is -2.06. The van der Waals surface area contributed by atoms with Crippen LogP contribution in [-0.4, -0.2) is 18.3 Å². The van der Waals surface area contributed by atoms with Crippen molar-refractivity contribution in [2.45, 2.75) is 4.90 Å². The number of benzene rings is 2. The van der Waals surface area contributed by atoms with Gasteiger partial charge in [-0.2, -0.15) is 8.42 Å². The molecule has 2 aromatic carbocycles. The fraction of sp³-hybridized carbons (Fsp3) is 0. The number of nitro groups is 2. The molecule has 0 amide bonds. The van der Waals surface area contributed by atoms with Gasteiger partial charge in [0.05, 0.1) is 9.85 Å². The summed E-state index contributed by atoms with van der Waals surface area (Å²) < 4.78 is 29.1. The van der Waals surface area contributed by atoms with Gasteiger partial charge in [-0.05, 0) is 18.2 Å². The molecule has 9 nitrogen and oxygen atoms in total. The van der Waals surface area contributed by atoms with E-state index in [0.717, 1.165) is 18.2 Å².